The van der Waals surface area contributed by atoms with Gasteiger partial charge in [0.05, 0.1) is 20.4 Å². The van der Waals surface area contributed by atoms with Crippen LogP contribution in [0.15, 0.2) is 12.1 Å². The van der Waals surface area contributed by atoms with Crippen LogP contribution in [0.1, 0.15) is 49.3 Å². The molecule has 0 bridgehead atoms. The summed E-state index contributed by atoms with van der Waals surface area (Å²) >= 11 is 3.92. The van der Waals surface area contributed by atoms with Crippen molar-refractivity contribution in [1.29, 1.82) is 0 Å². The van der Waals surface area contributed by atoms with Gasteiger partial charge in [0.1, 0.15) is 0 Å². The van der Waals surface area contributed by atoms with Crippen molar-refractivity contribution in [2.24, 2.45) is 5.92 Å². The fourth-order valence-electron chi connectivity index (χ4n) is 3.23. The van der Waals surface area contributed by atoms with E-state index in [0.717, 1.165) is 5.92 Å². The van der Waals surface area contributed by atoms with Gasteiger partial charge in [-0.25, -0.2) is 0 Å². The lowest BCUT2D eigenvalue weighted by atomic mass is 9.99. The molecule has 0 aliphatic carbocycles. The van der Waals surface area contributed by atoms with Crippen LogP contribution in [-0.4, -0.2) is 4.57 Å². The predicted octanol–water partition coefficient (Wildman–Crippen LogP) is 6.75. The SMILES string of the molecule is CCCCC(CC)Cn1c2cc(C)sc2c2sc(C)cc21. The Morgan fingerprint density at radius 2 is 1.57 bits per heavy atom. The number of thiophene rings is 2. The Morgan fingerprint density at radius 1 is 1.00 bits per heavy atom. The molecular weight excluding hydrogens is 294 g/mol. The standard InChI is InChI=1S/C18H25NS2/c1-5-7-8-14(6-2)11-19-15-9-12(3)20-17(15)18-16(19)10-13(4)21-18/h9-10,14H,5-8,11H2,1-4H3. The van der Waals surface area contributed by atoms with E-state index >= 15 is 0 Å². The molecule has 0 N–H and O–H groups in total. The molecule has 0 aromatic carbocycles. The molecule has 3 aromatic rings. The first-order chi connectivity index (χ1) is 10.1. The molecule has 0 radical (unpaired) electrons. The van der Waals surface area contributed by atoms with E-state index in [2.05, 4.69) is 44.4 Å². The molecule has 0 fully saturated rings. The zero-order chi connectivity index (χ0) is 15.0. The van der Waals surface area contributed by atoms with Gasteiger partial charge in [0, 0.05) is 16.3 Å². The number of unbranched alkanes of at least 4 members (excludes halogenated alkanes) is 1. The second kappa shape index (κ2) is 6.13. The van der Waals surface area contributed by atoms with Crippen LogP contribution in [0.4, 0.5) is 0 Å². The Morgan fingerprint density at radius 3 is 2.05 bits per heavy atom. The molecule has 3 heterocycles. The summed E-state index contributed by atoms with van der Waals surface area (Å²) in [4.78, 5) is 2.87. The van der Waals surface area contributed by atoms with Crippen molar-refractivity contribution in [3.63, 3.8) is 0 Å². The lowest BCUT2D eigenvalue weighted by Gasteiger charge is -2.16. The monoisotopic (exact) mass is 319 g/mol. The van der Waals surface area contributed by atoms with Crippen molar-refractivity contribution in [2.45, 2.75) is 59.9 Å². The molecule has 1 unspecified atom stereocenters. The van der Waals surface area contributed by atoms with Gasteiger partial charge in [-0.05, 0) is 38.3 Å². The molecule has 114 valence electrons. The zero-order valence-corrected chi connectivity index (χ0v) is 15.2. The Hall–Kier alpha value is -0.800. The quantitative estimate of drug-likeness (QED) is 0.473. The van der Waals surface area contributed by atoms with E-state index in [9.17, 15) is 0 Å². The van der Waals surface area contributed by atoms with Gasteiger partial charge in [-0.3, -0.25) is 0 Å². The summed E-state index contributed by atoms with van der Waals surface area (Å²) in [6, 6.07) is 4.77. The van der Waals surface area contributed by atoms with Gasteiger partial charge < -0.3 is 4.57 Å². The maximum Gasteiger partial charge on any atom is 0.0703 e. The molecule has 21 heavy (non-hydrogen) atoms. The highest BCUT2D eigenvalue weighted by Crippen LogP contribution is 2.40. The highest BCUT2D eigenvalue weighted by atomic mass is 32.1. The first kappa shape index (κ1) is 15.1. The molecule has 3 aromatic heterocycles. The molecule has 1 atom stereocenters. The van der Waals surface area contributed by atoms with Crippen molar-refractivity contribution in [3.05, 3.63) is 21.9 Å². The second-order valence-electron chi connectivity index (χ2n) is 6.17. The molecular formula is C18H25NS2. The van der Waals surface area contributed by atoms with Crippen LogP contribution in [0.3, 0.4) is 0 Å². The third-order valence-electron chi connectivity index (χ3n) is 4.44. The van der Waals surface area contributed by atoms with Gasteiger partial charge in [-0.15, -0.1) is 22.7 Å². The van der Waals surface area contributed by atoms with E-state index in [4.69, 9.17) is 0 Å². The number of aromatic nitrogens is 1. The number of rotatable bonds is 6. The molecule has 3 heteroatoms. The first-order valence-electron chi connectivity index (χ1n) is 8.12. The Balaban J connectivity index is 2.04. The van der Waals surface area contributed by atoms with Crippen LogP contribution in [-0.2, 0) is 6.54 Å². The van der Waals surface area contributed by atoms with Gasteiger partial charge in [0.25, 0.3) is 0 Å². The molecule has 0 aliphatic heterocycles. The fourth-order valence-corrected chi connectivity index (χ4v) is 5.41. The second-order valence-corrected chi connectivity index (χ2v) is 8.68. The molecule has 0 amide bonds. The van der Waals surface area contributed by atoms with Crippen LogP contribution in [0.2, 0.25) is 0 Å². The summed E-state index contributed by atoms with van der Waals surface area (Å²) in [5.74, 6) is 0.809. The van der Waals surface area contributed by atoms with E-state index in [1.165, 1.54) is 62.4 Å². The summed E-state index contributed by atoms with van der Waals surface area (Å²) in [7, 11) is 0. The van der Waals surface area contributed by atoms with Crippen molar-refractivity contribution < 1.29 is 0 Å². The van der Waals surface area contributed by atoms with Crippen LogP contribution >= 0.6 is 22.7 Å². The van der Waals surface area contributed by atoms with E-state index in [-0.39, 0.29) is 0 Å². The largest absolute Gasteiger partial charge is 0.339 e. The maximum absolute atomic E-state index is 2.60. The maximum atomic E-state index is 2.60. The Labute approximate surface area is 135 Å². The van der Waals surface area contributed by atoms with Crippen LogP contribution < -0.4 is 0 Å². The smallest absolute Gasteiger partial charge is 0.0703 e. The summed E-state index contributed by atoms with van der Waals surface area (Å²) in [6.07, 6.45) is 5.31. The van der Waals surface area contributed by atoms with Crippen molar-refractivity contribution in [3.8, 4) is 0 Å². The number of aryl methyl sites for hydroxylation is 2. The minimum Gasteiger partial charge on any atom is -0.339 e. The number of fused-ring (bicyclic) bond motifs is 3. The molecule has 1 nitrogen and oxygen atoms in total. The average Bonchev–Trinajstić information content (AvgIpc) is 3.07. The first-order valence-corrected chi connectivity index (χ1v) is 9.76. The van der Waals surface area contributed by atoms with Gasteiger partial charge in [0.15, 0.2) is 0 Å². The normalized spacial score (nSPS) is 13.5. The number of nitrogens with zero attached hydrogens (tertiary/aromatic N) is 1. The van der Waals surface area contributed by atoms with E-state index in [1.54, 1.807) is 0 Å². The average molecular weight is 320 g/mol. The summed E-state index contributed by atoms with van der Waals surface area (Å²) < 4.78 is 5.61. The Kier molecular flexibility index (Phi) is 4.41. The summed E-state index contributed by atoms with van der Waals surface area (Å²) in [5.41, 5.74) is 2.93. The van der Waals surface area contributed by atoms with Crippen molar-refractivity contribution in [2.75, 3.05) is 0 Å². The zero-order valence-electron chi connectivity index (χ0n) is 13.5. The number of hydrogen-bond donors (Lipinski definition) is 0. The molecule has 0 saturated carbocycles. The molecule has 0 saturated heterocycles. The number of hydrogen-bond acceptors (Lipinski definition) is 2. The topological polar surface area (TPSA) is 4.93 Å². The van der Waals surface area contributed by atoms with Crippen LogP contribution in [0.5, 0.6) is 0 Å². The van der Waals surface area contributed by atoms with Gasteiger partial charge in [-0.1, -0.05) is 33.1 Å². The summed E-state index contributed by atoms with van der Waals surface area (Å²) in [5, 5.41) is 0. The lowest BCUT2D eigenvalue weighted by molar-refractivity contribution is 0.401. The minimum absolute atomic E-state index is 0.809. The summed E-state index contributed by atoms with van der Waals surface area (Å²) in [6.45, 7) is 10.3. The highest BCUT2D eigenvalue weighted by Gasteiger charge is 2.17. The third kappa shape index (κ3) is 2.78. The van der Waals surface area contributed by atoms with Crippen molar-refractivity contribution >= 4 is 43.1 Å². The van der Waals surface area contributed by atoms with Gasteiger partial charge >= 0.3 is 0 Å². The van der Waals surface area contributed by atoms with Crippen molar-refractivity contribution in [1.82, 2.24) is 4.57 Å². The van der Waals surface area contributed by atoms with E-state index in [0.29, 0.717) is 0 Å². The third-order valence-corrected chi connectivity index (χ3v) is 6.69. The predicted molar refractivity (Wildman–Crippen MR) is 98.0 cm³/mol. The van der Waals surface area contributed by atoms with Gasteiger partial charge in [0.2, 0.25) is 0 Å². The lowest BCUT2D eigenvalue weighted by Crippen LogP contribution is -2.09. The fraction of sp³-hybridized carbons (Fsp3) is 0.556. The highest BCUT2D eigenvalue weighted by molar-refractivity contribution is 7.27. The molecule has 0 aliphatic rings. The molecule has 3 rings (SSSR count). The van der Waals surface area contributed by atoms with Crippen LogP contribution in [0, 0.1) is 19.8 Å². The van der Waals surface area contributed by atoms with Gasteiger partial charge in [-0.2, -0.15) is 0 Å². The van der Waals surface area contributed by atoms with E-state index < -0.39 is 0 Å². The molecule has 0 spiro atoms. The van der Waals surface area contributed by atoms with E-state index in [1.807, 2.05) is 22.7 Å². The Bertz CT molecular complexity index is 690. The van der Waals surface area contributed by atoms with Crippen LogP contribution in [0.25, 0.3) is 20.4 Å². The minimum atomic E-state index is 0.809.